The molecule has 4 nitrogen and oxygen atoms in total. The second kappa shape index (κ2) is 7.84. The van der Waals surface area contributed by atoms with Crippen molar-refractivity contribution in [3.05, 3.63) is 23.8 Å². The van der Waals surface area contributed by atoms with Gasteiger partial charge in [-0.05, 0) is 37.5 Å². The zero-order chi connectivity index (χ0) is 16.0. The number of benzene rings is 1. The number of methoxy groups -OCH3 is 2. The highest BCUT2D eigenvalue weighted by atomic mass is 16.5. The lowest BCUT2D eigenvalue weighted by atomic mass is 9.94. The van der Waals surface area contributed by atoms with Crippen LogP contribution in [0.5, 0.6) is 11.5 Å². The van der Waals surface area contributed by atoms with Crippen LogP contribution in [0.2, 0.25) is 0 Å². The summed E-state index contributed by atoms with van der Waals surface area (Å²) in [5.41, 5.74) is 0.580. The first-order valence-electron chi connectivity index (χ1n) is 8.26. The fourth-order valence-electron chi connectivity index (χ4n) is 3.15. The van der Waals surface area contributed by atoms with E-state index in [4.69, 9.17) is 9.47 Å². The molecule has 0 radical (unpaired) electrons. The van der Waals surface area contributed by atoms with E-state index in [0.29, 0.717) is 6.54 Å². The van der Waals surface area contributed by atoms with E-state index in [1.165, 1.54) is 12.8 Å². The number of rotatable bonds is 6. The number of nitrogens with one attached hydrogen (secondary N) is 1. The zero-order valence-corrected chi connectivity index (χ0v) is 14.0. The topological polar surface area (TPSA) is 50.7 Å². The highest BCUT2D eigenvalue weighted by Gasteiger charge is 2.28. The third kappa shape index (κ3) is 4.37. The van der Waals surface area contributed by atoms with E-state index in [1.54, 1.807) is 14.2 Å². The molecule has 22 heavy (non-hydrogen) atoms. The van der Waals surface area contributed by atoms with Crippen LogP contribution in [-0.2, 0) is 0 Å². The van der Waals surface area contributed by atoms with E-state index in [-0.39, 0.29) is 6.04 Å². The van der Waals surface area contributed by atoms with E-state index >= 15 is 0 Å². The van der Waals surface area contributed by atoms with E-state index in [1.807, 2.05) is 18.2 Å². The van der Waals surface area contributed by atoms with E-state index in [9.17, 15) is 5.11 Å². The summed E-state index contributed by atoms with van der Waals surface area (Å²) in [6.07, 6.45) is 6.55. The molecule has 1 aliphatic rings. The van der Waals surface area contributed by atoms with E-state index in [2.05, 4.69) is 12.2 Å². The number of hydrogen-bond acceptors (Lipinski definition) is 4. The first-order chi connectivity index (χ1) is 10.6. The molecule has 124 valence electrons. The molecule has 2 rings (SSSR count). The number of aliphatic hydroxyl groups is 1. The molecule has 1 aliphatic carbocycles. The van der Waals surface area contributed by atoms with Crippen LogP contribution in [0, 0.1) is 0 Å². The van der Waals surface area contributed by atoms with Crippen LogP contribution in [0.3, 0.4) is 0 Å². The molecule has 0 aromatic heterocycles. The normalized spacial score (nSPS) is 19.3. The summed E-state index contributed by atoms with van der Waals surface area (Å²) >= 11 is 0. The summed E-state index contributed by atoms with van der Waals surface area (Å²) in [4.78, 5) is 0. The average molecular weight is 307 g/mol. The summed E-state index contributed by atoms with van der Waals surface area (Å²) in [6.45, 7) is 2.75. The lowest BCUT2D eigenvalue weighted by Gasteiger charge is -2.29. The Hall–Kier alpha value is -1.26. The van der Waals surface area contributed by atoms with Gasteiger partial charge >= 0.3 is 0 Å². The fraction of sp³-hybridized carbons (Fsp3) is 0.667. The molecule has 1 fully saturated rings. The molecule has 4 heteroatoms. The molecule has 0 aliphatic heterocycles. The van der Waals surface area contributed by atoms with Gasteiger partial charge in [0.15, 0.2) is 11.5 Å². The second-order valence-electron chi connectivity index (χ2n) is 6.36. The Morgan fingerprint density at radius 1 is 1.09 bits per heavy atom. The average Bonchev–Trinajstić information content (AvgIpc) is 2.77. The maximum atomic E-state index is 10.7. The summed E-state index contributed by atoms with van der Waals surface area (Å²) in [7, 11) is 3.29. The molecule has 1 aromatic rings. The lowest BCUT2D eigenvalue weighted by Crippen LogP contribution is -2.41. The smallest absolute Gasteiger partial charge is 0.161 e. The van der Waals surface area contributed by atoms with Crippen LogP contribution < -0.4 is 14.8 Å². The van der Waals surface area contributed by atoms with Crippen molar-refractivity contribution in [2.24, 2.45) is 0 Å². The van der Waals surface area contributed by atoms with Gasteiger partial charge in [0.1, 0.15) is 0 Å². The number of hydrogen-bond donors (Lipinski definition) is 2. The molecule has 1 unspecified atom stereocenters. The van der Waals surface area contributed by atoms with Crippen molar-refractivity contribution in [2.75, 3.05) is 20.8 Å². The monoisotopic (exact) mass is 307 g/mol. The minimum atomic E-state index is -0.554. The van der Waals surface area contributed by atoms with Crippen molar-refractivity contribution in [3.63, 3.8) is 0 Å². The van der Waals surface area contributed by atoms with Gasteiger partial charge in [-0.2, -0.15) is 0 Å². The number of ether oxygens (including phenoxy) is 2. The predicted molar refractivity (Wildman–Crippen MR) is 88.6 cm³/mol. The first-order valence-corrected chi connectivity index (χ1v) is 8.26. The summed E-state index contributed by atoms with van der Waals surface area (Å²) in [5, 5.41) is 14.2. The molecular formula is C18H29NO3. The van der Waals surface area contributed by atoms with Crippen molar-refractivity contribution in [3.8, 4) is 11.5 Å². The molecule has 2 N–H and O–H groups in total. The third-order valence-corrected chi connectivity index (χ3v) is 4.68. The highest BCUT2D eigenvalue weighted by molar-refractivity contribution is 5.43. The SMILES string of the molecule is COc1ccc(C(C)NCC2(O)CCCCCC2)cc1OC. The molecule has 1 aromatic carbocycles. The highest BCUT2D eigenvalue weighted by Crippen LogP contribution is 2.31. The van der Waals surface area contributed by atoms with Crippen molar-refractivity contribution < 1.29 is 14.6 Å². The molecule has 0 heterocycles. The van der Waals surface area contributed by atoms with Gasteiger partial charge in [-0.3, -0.25) is 0 Å². The maximum absolute atomic E-state index is 10.7. The van der Waals surface area contributed by atoms with Gasteiger partial charge in [-0.25, -0.2) is 0 Å². The van der Waals surface area contributed by atoms with Gasteiger partial charge in [-0.1, -0.05) is 31.7 Å². The van der Waals surface area contributed by atoms with Crippen LogP contribution >= 0.6 is 0 Å². The van der Waals surface area contributed by atoms with Crippen LogP contribution in [0.1, 0.15) is 57.1 Å². The molecule has 1 saturated carbocycles. The van der Waals surface area contributed by atoms with Crippen LogP contribution in [-0.4, -0.2) is 31.5 Å². The molecule has 0 amide bonds. The summed E-state index contributed by atoms with van der Waals surface area (Å²) in [6, 6.07) is 6.11. The van der Waals surface area contributed by atoms with Crippen molar-refractivity contribution in [1.82, 2.24) is 5.32 Å². The predicted octanol–water partition coefficient (Wildman–Crippen LogP) is 3.44. The van der Waals surface area contributed by atoms with Gasteiger partial charge in [0, 0.05) is 12.6 Å². The molecule has 1 atom stereocenters. The molecular weight excluding hydrogens is 278 g/mol. The standard InChI is InChI=1S/C18H29NO3/c1-14(15-8-9-16(21-2)17(12-15)22-3)19-13-18(20)10-6-4-5-7-11-18/h8-9,12,14,19-20H,4-7,10-11,13H2,1-3H3. The third-order valence-electron chi connectivity index (χ3n) is 4.68. The maximum Gasteiger partial charge on any atom is 0.161 e. The largest absolute Gasteiger partial charge is 0.493 e. The van der Waals surface area contributed by atoms with Crippen LogP contribution in [0.15, 0.2) is 18.2 Å². The zero-order valence-electron chi connectivity index (χ0n) is 14.0. The van der Waals surface area contributed by atoms with Gasteiger partial charge in [-0.15, -0.1) is 0 Å². The van der Waals surface area contributed by atoms with Crippen molar-refractivity contribution >= 4 is 0 Å². The minimum Gasteiger partial charge on any atom is -0.493 e. The molecule has 0 spiro atoms. The molecule has 0 bridgehead atoms. The van der Waals surface area contributed by atoms with Gasteiger partial charge in [0.05, 0.1) is 19.8 Å². The lowest BCUT2D eigenvalue weighted by molar-refractivity contribution is 0.0231. The Morgan fingerprint density at radius 3 is 2.32 bits per heavy atom. The van der Waals surface area contributed by atoms with Gasteiger partial charge < -0.3 is 19.9 Å². The second-order valence-corrected chi connectivity index (χ2v) is 6.36. The van der Waals surface area contributed by atoms with Gasteiger partial charge in [0.2, 0.25) is 0 Å². The Balaban J connectivity index is 1.98. The summed E-state index contributed by atoms with van der Waals surface area (Å²) < 4.78 is 10.6. The first kappa shape index (κ1) is 17.1. The Morgan fingerprint density at radius 2 is 1.73 bits per heavy atom. The van der Waals surface area contributed by atoms with Crippen molar-refractivity contribution in [2.45, 2.75) is 57.1 Å². The Labute approximate surface area is 133 Å². The Bertz CT molecular complexity index is 467. The quantitative estimate of drug-likeness (QED) is 0.791. The van der Waals surface area contributed by atoms with Crippen molar-refractivity contribution in [1.29, 1.82) is 0 Å². The van der Waals surface area contributed by atoms with E-state index < -0.39 is 5.60 Å². The Kier molecular flexibility index (Phi) is 6.09. The van der Waals surface area contributed by atoms with Crippen LogP contribution in [0.25, 0.3) is 0 Å². The summed E-state index contributed by atoms with van der Waals surface area (Å²) in [5.74, 6) is 1.47. The molecule has 0 saturated heterocycles. The fourth-order valence-corrected chi connectivity index (χ4v) is 3.15. The van der Waals surface area contributed by atoms with E-state index in [0.717, 1.165) is 42.7 Å². The minimum absolute atomic E-state index is 0.159. The van der Waals surface area contributed by atoms with Gasteiger partial charge in [0.25, 0.3) is 0 Å². The van der Waals surface area contributed by atoms with Crippen LogP contribution in [0.4, 0.5) is 0 Å².